The number of carboxylic acids is 1. The molecule has 0 bridgehead atoms. The van der Waals surface area contributed by atoms with Crippen molar-refractivity contribution < 1.29 is 9.90 Å². The van der Waals surface area contributed by atoms with Crippen LogP contribution in [-0.2, 0) is 0 Å². The molecule has 0 unspecified atom stereocenters. The Morgan fingerprint density at radius 1 is 1.33 bits per heavy atom. The van der Waals surface area contributed by atoms with Crippen LogP contribution in [0.4, 0.5) is 5.69 Å². The van der Waals surface area contributed by atoms with E-state index in [4.69, 9.17) is 0 Å². The zero-order valence-corrected chi connectivity index (χ0v) is 11.6. The van der Waals surface area contributed by atoms with Crippen LogP contribution < -0.4 is 4.90 Å². The molecule has 1 aliphatic carbocycles. The minimum absolute atomic E-state index is 0.157. The Kier molecular flexibility index (Phi) is 2.81. The van der Waals surface area contributed by atoms with Crippen LogP contribution in [0.25, 0.3) is 0 Å². The molecule has 3 rings (SSSR count). The lowest BCUT2D eigenvalue weighted by Crippen LogP contribution is -2.35. The predicted octanol–water partition coefficient (Wildman–Crippen LogP) is 2.92. The molecule has 1 saturated carbocycles. The summed E-state index contributed by atoms with van der Waals surface area (Å²) in [5.41, 5.74) is 1.50. The lowest BCUT2D eigenvalue weighted by Gasteiger charge is -2.34. The number of piperidine rings is 1. The maximum Gasteiger partial charge on any atom is 0.356 e. The summed E-state index contributed by atoms with van der Waals surface area (Å²) < 4.78 is 0.828. The molecule has 1 aromatic heterocycles. The lowest BCUT2D eigenvalue weighted by atomic mass is 9.93. The molecule has 0 radical (unpaired) electrons. The van der Waals surface area contributed by atoms with Crippen molar-refractivity contribution in [2.75, 3.05) is 18.0 Å². The van der Waals surface area contributed by atoms with Crippen LogP contribution in [0.15, 0.2) is 16.7 Å². The second kappa shape index (κ2) is 4.23. The average Bonchev–Trinajstić information content (AvgIpc) is 3.09. The zero-order valence-electron chi connectivity index (χ0n) is 10.0. The molecule has 18 heavy (non-hydrogen) atoms. The minimum Gasteiger partial charge on any atom is -0.476 e. The van der Waals surface area contributed by atoms with Gasteiger partial charge in [0.05, 0.1) is 5.69 Å². The van der Waals surface area contributed by atoms with E-state index < -0.39 is 5.97 Å². The van der Waals surface area contributed by atoms with E-state index in [2.05, 4.69) is 25.8 Å². The number of hydrogen-bond donors (Lipinski definition) is 1. The van der Waals surface area contributed by atoms with E-state index in [-0.39, 0.29) is 5.69 Å². The summed E-state index contributed by atoms with van der Waals surface area (Å²) in [6.07, 6.45) is 6.60. The number of nitrogens with zero attached hydrogens (tertiary/aromatic N) is 2. The van der Waals surface area contributed by atoms with E-state index in [1.165, 1.54) is 25.7 Å². The first-order chi connectivity index (χ1) is 8.60. The molecule has 2 fully saturated rings. The monoisotopic (exact) mass is 310 g/mol. The summed E-state index contributed by atoms with van der Waals surface area (Å²) in [4.78, 5) is 17.4. The number of carboxylic acid groups (broad SMARTS) is 1. The second-order valence-electron chi connectivity index (χ2n) is 5.31. The zero-order chi connectivity index (χ0) is 12.8. The number of pyridine rings is 1. The summed E-state index contributed by atoms with van der Waals surface area (Å²) in [7, 11) is 0. The molecule has 0 amide bonds. The van der Waals surface area contributed by atoms with E-state index in [0.717, 1.165) is 23.2 Å². The van der Waals surface area contributed by atoms with Gasteiger partial charge in [-0.3, -0.25) is 0 Å². The van der Waals surface area contributed by atoms with E-state index in [9.17, 15) is 9.90 Å². The van der Waals surface area contributed by atoms with Gasteiger partial charge in [0.2, 0.25) is 0 Å². The molecular formula is C13H15BrN2O2. The predicted molar refractivity (Wildman–Crippen MR) is 72.0 cm³/mol. The standard InChI is InChI=1S/C13H15BrN2O2/c14-9-7-10(11(12(17)18)15-8-9)16-5-3-13(1-2-13)4-6-16/h7-8H,1-6H2,(H,17,18). The van der Waals surface area contributed by atoms with Crippen molar-refractivity contribution in [2.24, 2.45) is 5.41 Å². The fourth-order valence-electron chi connectivity index (χ4n) is 2.73. The van der Waals surface area contributed by atoms with Crippen molar-refractivity contribution in [1.29, 1.82) is 0 Å². The lowest BCUT2D eigenvalue weighted by molar-refractivity contribution is 0.0691. The van der Waals surface area contributed by atoms with Crippen molar-refractivity contribution >= 4 is 27.6 Å². The van der Waals surface area contributed by atoms with Gasteiger partial charge in [-0.2, -0.15) is 0 Å². The van der Waals surface area contributed by atoms with Crippen LogP contribution in [-0.4, -0.2) is 29.1 Å². The van der Waals surface area contributed by atoms with Gasteiger partial charge in [-0.15, -0.1) is 0 Å². The molecule has 2 aliphatic rings. The first-order valence-corrected chi connectivity index (χ1v) is 7.03. The number of anilines is 1. The molecule has 1 saturated heterocycles. The van der Waals surface area contributed by atoms with Gasteiger partial charge in [0.25, 0.3) is 0 Å². The molecule has 5 heteroatoms. The maximum atomic E-state index is 11.2. The number of aromatic carboxylic acids is 1. The smallest absolute Gasteiger partial charge is 0.356 e. The number of halogens is 1. The molecule has 2 heterocycles. The molecule has 1 aromatic rings. The Morgan fingerprint density at radius 2 is 2.00 bits per heavy atom. The average molecular weight is 311 g/mol. The highest BCUT2D eigenvalue weighted by atomic mass is 79.9. The fourth-order valence-corrected chi connectivity index (χ4v) is 3.05. The van der Waals surface area contributed by atoms with Crippen LogP contribution in [0.1, 0.15) is 36.2 Å². The molecule has 1 N–H and O–H groups in total. The van der Waals surface area contributed by atoms with Crippen molar-refractivity contribution in [3.8, 4) is 0 Å². The Hall–Kier alpha value is -1.10. The van der Waals surface area contributed by atoms with Gasteiger partial charge in [-0.1, -0.05) is 0 Å². The van der Waals surface area contributed by atoms with E-state index in [1.54, 1.807) is 6.20 Å². The van der Waals surface area contributed by atoms with Crippen LogP contribution in [0.5, 0.6) is 0 Å². The molecular weight excluding hydrogens is 296 g/mol. The molecule has 1 aliphatic heterocycles. The fraction of sp³-hybridized carbons (Fsp3) is 0.538. The Labute approximate surface area is 114 Å². The molecule has 1 spiro atoms. The van der Waals surface area contributed by atoms with Gasteiger partial charge >= 0.3 is 5.97 Å². The Bertz CT molecular complexity index is 490. The third-order valence-corrected chi connectivity index (χ3v) is 4.59. The third kappa shape index (κ3) is 2.11. The largest absolute Gasteiger partial charge is 0.476 e. The summed E-state index contributed by atoms with van der Waals surface area (Å²) in [6.45, 7) is 1.89. The van der Waals surface area contributed by atoms with Gasteiger partial charge in [-0.25, -0.2) is 9.78 Å². The SMILES string of the molecule is O=C(O)c1ncc(Br)cc1N1CCC2(CC1)CC2. The van der Waals surface area contributed by atoms with Gasteiger partial charge in [-0.05, 0) is 53.1 Å². The topological polar surface area (TPSA) is 53.4 Å². The number of hydrogen-bond acceptors (Lipinski definition) is 3. The summed E-state index contributed by atoms with van der Waals surface area (Å²) in [5, 5.41) is 9.20. The molecule has 96 valence electrons. The van der Waals surface area contributed by atoms with Crippen molar-refractivity contribution in [1.82, 2.24) is 4.98 Å². The van der Waals surface area contributed by atoms with Crippen molar-refractivity contribution in [3.63, 3.8) is 0 Å². The number of rotatable bonds is 2. The van der Waals surface area contributed by atoms with Gasteiger partial charge < -0.3 is 10.0 Å². The van der Waals surface area contributed by atoms with E-state index in [1.807, 2.05) is 6.07 Å². The Balaban J connectivity index is 1.86. The third-order valence-electron chi connectivity index (χ3n) is 4.16. The van der Waals surface area contributed by atoms with Crippen molar-refractivity contribution in [2.45, 2.75) is 25.7 Å². The van der Waals surface area contributed by atoms with Gasteiger partial charge in [0, 0.05) is 23.8 Å². The first-order valence-electron chi connectivity index (χ1n) is 6.23. The summed E-state index contributed by atoms with van der Waals surface area (Å²) >= 11 is 3.36. The van der Waals surface area contributed by atoms with Gasteiger partial charge in [0.15, 0.2) is 5.69 Å². The quantitative estimate of drug-likeness (QED) is 0.912. The van der Waals surface area contributed by atoms with Crippen LogP contribution >= 0.6 is 15.9 Å². The van der Waals surface area contributed by atoms with Crippen LogP contribution in [0.3, 0.4) is 0 Å². The number of carbonyl (C=O) groups is 1. The highest BCUT2D eigenvalue weighted by molar-refractivity contribution is 9.10. The highest BCUT2D eigenvalue weighted by Gasteiger charge is 2.44. The molecule has 0 aromatic carbocycles. The normalized spacial score (nSPS) is 21.1. The molecule has 4 nitrogen and oxygen atoms in total. The number of aromatic nitrogens is 1. The summed E-state index contributed by atoms with van der Waals surface area (Å²) in [6, 6.07) is 1.86. The van der Waals surface area contributed by atoms with Crippen LogP contribution in [0, 0.1) is 5.41 Å². The highest BCUT2D eigenvalue weighted by Crippen LogP contribution is 2.54. The molecule has 0 atom stereocenters. The Morgan fingerprint density at radius 3 is 2.56 bits per heavy atom. The maximum absolute atomic E-state index is 11.2. The minimum atomic E-state index is -0.954. The second-order valence-corrected chi connectivity index (χ2v) is 6.23. The van der Waals surface area contributed by atoms with Gasteiger partial charge in [0.1, 0.15) is 0 Å². The van der Waals surface area contributed by atoms with E-state index in [0.29, 0.717) is 5.41 Å². The summed E-state index contributed by atoms with van der Waals surface area (Å²) in [5.74, 6) is -0.954. The van der Waals surface area contributed by atoms with Crippen molar-refractivity contribution in [3.05, 3.63) is 22.4 Å². The van der Waals surface area contributed by atoms with E-state index >= 15 is 0 Å². The van der Waals surface area contributed by atoms with Crippen LogP contribution in [0.2, 0.25) is 0 Å². The first kappa shape index (κ1) is 12.0.